The molecule has 1 N–H and O–H groups in total. The number of methoxy groups -OCH3 is 2. The molecule has 19 heavy (non-hydrogen) atoms. The summed E-state index contributed by atoms with van der Waals surface area (Å²) >= 11 is 0. The molecule has 3 nitrogen and oxygen atoms in total. The second kappa shape index (κ2) is 6.02. The van der Waals surface area contributed by atoms with Gasteiger partial charge in [-0.2, -0.15) is 0 Å². The molecule has 0 spiro atoms. The van der Waals surface area contributed by atoms with Crippen LogP contribution in [-0.2, 0) is 6.42 Å². The molecular weight excluding hydrogens is 262 g/mol. The Morgan fingerprint density at radius 1 is 1.11 bits per heavy atom. The van der Waals surface area contributed by atoms with Gasteiger partial charge in [-0.25, -0.2) is 0 Å². The van der Waals surface area contributed by atoms with Crippen LogP contribution >= 0.6 is 12.4 Å². The van der Waals surface area contributed by atoms with Crippen LogP contribution in [0.4, 0.5) is 0 Å². The molecule has 4 heteroatoms. The molecule has 0 amide bonds. The molecule has 1 heterocycles. The van der Waals surface area contributed by atoms with Crippen molar-refractivity contribution in [3.05, 3.63) is 23.3 Å². The minimum absolute atomic E-state index is 0. The summed E-state index contributed by atoms with van der Waals surface area (Å²) < 4.78 is 10.8. The maximum atomic E-state index is 5.41. The van der Waals surface area contributed by atoms with Crippen molar-refractivity contribution in [2.24, 2.45) is 5.41 Å². The molecule has 0 saturated heterocycles. The molecule has 1 aromatic rings. The molecule has 108 valence electrons. The van der Waals surface area contributed by atoms with E-state index in [0.29, 0.717) is 6.04 Å². The summed E-state index contributed by atoms with van der Waals surface area (Å²) in [4.78, 5) is 0. The van der Waals surface area contributed by atoms with Crippen molar-refractivity contribution in [1.29, 1.82) is 0 Å². The smallest absolute Gasteiger partial charge is 0.161 e. The van der Waals surface area contributed by atoms with Gasteiger partial charge in [-0.3, -0.25) is 0 Å². The maximum absolute atomic E-state index is 5.41. The van der Waals surface area contributed by atoms with Gasteiger partial charge in [-0.05, 0) is 41.6 Å². The lowest BCUT2D eigenvalue weighted by molar-refractivity contribution is 0.261. The summed E-state index contributed by atoms with van der Waals surface area (Å²) in [5, 5.41) is 3.61. The van der Waals surface area contributed by atoms with Gasteiger partial charge in [0.15, 0.2) is 11.5 Å². The zero-order chi connectivity index (χ0) is 13.3. The van der Waals surface area contributed by atoms with Crippen LogP contribution < -0.4 is 14.8 Å². The Balaban J connectivity index is 0.00000180. The Kier molecular flexibility index (Phi) is 5.11. The van der Waals surface area contributed by atoms with Gasteiger partial charge in [0.05, 0.1) is 14.2 Å². The summed E-state index contributed by atoms with van der Waals surface area (Å²) in [5.41, 5.74) is 2.90. The van der Waals surface area contributed by atoms with E-state index in [1.54, 1.807) is 14.2 Å². The van der Waals surface area contributed by atoms with E-state index >= 15 is 0 Å². The summed E-state index contributed by atoms with van der Waals surface area (Å²) in [5.74, 6) is 1.64. The summed E-state index contributed by atoms with van der Waals surface area (Å²) in [6.07, 6.45) is 1.04. The van der Waals surface area contributed by atoms with Crippen LogP contribution in [0.25, 0.3) is 0 Å². The van der Waals surface area contributed by atoms with Crippen molar-refractivity contribution in [1.82, 2.24) is 5.32 Å². The Hall–Kier alpha value is -0.930. The van der Waals surface area contributed by atoms with Gasteiger partial charge in [-0.1, -0.05) is 20.8 Å². The lowest BCUT2D eigenvalue weighted by Crippen LogP contribution is -2.37. The average Bonchev–Trinajstić information content (AvgIpc) is 2.35. The van der Waals surface area contributed by atoms with Gasteiger partial charge in [-0.15, -0.1) is 12.4 Å². The number of hydrogen-bond donors (Lipinski definition) is 1. The third-order valence-corrected chi connectivity index (χ3v) is 3.57. The van der Waals surface area contributed by atoms with Crippen LogP contribution in [0.3, 0.4) is 0 Å². The number of nitrogens with one attached hydrogen (secondary N) is 1. The van der Waals surface area contributed by atoms with Gasteiger partial charge >= 0.3 is 0 Å². The van der Waals surface area contributed by atoms with E-state index in [1.807, 2.05) is 0 Å². The first-order valence-corrected chi connectivity index (χ1v) is 6.45. The molecule has 1 aromatic carbocycles. The Morgan fingerprint density at radius 2 is 1.68 bits per heavy atom. The van der Waals surface area contributed by atoms with Crippen LogP contribution in [0.15, 0.2) is 12.1 Å². The Morgan fingerprint density at radius 3 is 2.21 bits per heavy atom. The van der Waals surface area contributed by atoms with E-state index in [1.165, 1.54) is 11.1 Å². The van der Waals surface area contributed by atoms with Crippen LogP contribution in [0, 0.1) is 5.41 Å². The summed E-state index contributed by atoms with van der Waals surface area (Å²) in [7, 11) is 3.37. The predicted molar refractivity (Wildman–Crippen MR) is 80.7 cm³/mol. The minimum Gasteiger partial charge on any atom is -0.493 e. The van der Waals surface area contributed by atoms with Crippen LogP contribution in [0.5, 0.6) is 11.5 Å². The maximum Gasteiger partial charge on any atom is 0.161 e. The highest BCUT2D eigenvalue weighted by molar-refractivity contribution is 5.85. The third-order valence-electron chi connectivity index (χ3n) is 3.57. The summed E-state index contributed by atoms with van der Waals surface area (Å²) in [6.45, 7) is 7.80. The first-order valence-electron chi connectivity index (χ1n) is 6.45. The second-order valence-corrected chi connectivity index (χ2v) is 5.91. The highest BCUT2D eigenvalue weighted by atomic mass is 35.5. The van der Waals surface area contributed by atoms with E-state index in [4.69, 9.17) is 9.47 Å². The molecule has 0 saturated carbocycles. The fourth-order valence-corrected chi connectivity index (χ4v) is 2.66. The molecule has 0 aromatic heterocycles. The predicted octanol–water partition coefficient (Wildman–Crippen LogP) is 3.36. The number of rotatable bonds is 2. The van der Waals surface area contributed by atoms with E-state index < -0.39 is 0 Å². The second-order valence-electron chi connectivity index (χ2n) is 5.91. The molecule has 0 fully saturated rings. The van der Waals surface area contributed by atoms with Crippen LogP contribution in [0.2, 0.25) is 0 Å². The molecule has 1 atom stereocenters. The van der Waals surface area contributed by atoms with Gasteiger partial charge in [0.1, 0.15) is 0 Å². The zero-order valence-corrected chi connectivity index (χ0v) is 13.2. The van der Waals surface area contributed by atoms with Gasteiger partial charge < -0.3 is 14.8 Å². The topological polar surface area (TPSA) is 30.5 Å². The van der Waals surface area contributed by atoms with E-state index in [0.717, 1.165) is 24.5 Å². The molecule has 0 aliphatic carbocycles. The lowest BCUT2D eigenvalue weighted by atomic mass is 9.78. The molecular formula is C15H24ClNO2. The van der Waals surface area contributed by atoms with E-state index in [-0.39, 0.29) is 17.8 Å². The van der Waals surface area contributed by atoms with Crippen molar-refractivity contribution in [2.45, 2.75) is 33.2 Å². The number of halogens is 1. The van der Waals surface area contributed by atoms with Gasteiger partial charge in [0.25, 0.3) is 0 Å². The Labute approximate surface area is 122 Å². The minimum atomic E-state index is 0. The highest BCUT2D eigenvalue weighted by Gasteiger charge is 2.31. The SMILES string of the molecule is COc1cc2c(cc1OC)C(C(C)(C)C)NCC2.Cl. The molecule has 1 aliphatic rings. The molecule has 1 aliphatic heterocycles. The largest absolute Gasteiger partial charge is 0.493 e. The van der Waals surface area contributed by atoms with Crippen LogP contribution in [0.1, 0.15) is 37.9 Å². The Bertz CT molecular complexity index is 441. The molecule has 1 unspecified atom stereocenters. The number of fused-ring (bicyclic) bond motifs is 1. The van der Waals surface area contributed by atoms with Crippen molar-refractivity contribution in [3.8, 4) is 11.5 Å². The highest BCUT2D eigenvalue weighted by Crippen LogP contribution is 2.41. The fraction of sp³-hybridized carbons (Fsp3) is 0.600. The molecule has 2 rings (SSSR count). The van der Waals surface area contributed by atoms with Crippen molar-refractivity contribution < 1.29 is 9.47 Å². The number of hydrogen-bond acceptors (Lipinski definition) is 3. The standard InChI is InChI=1S/C15H23NO2.ClH/c1-15(2,3)14-11-9-13(18-5)12(17-4)8-10(11)6-7-16-14;/h8-9,14,16H,6-7H2,1-5H3;1H. The van der Waals surface area contributed by atoms with Crippen molar-refractivity contribution in [2.75, 3.05) is 20.8 Å². The first kappa shape index (κ1) is 16.1. The first-order chi connectivity index (χ1) is 8.47. The average molecular weight is 286 g/mol. The fourth-order valence-electron chi connectivity index (χ4n) is 2.66. The zero-order valence-electron chi connectivity index (χ0n) is 12.4. The third kappa shape index (κ3) is 3.15. The summed E-state index contributed by atoms with van der Waals surface area (Å²) in [6, 6.07) is 4.60. The quantitative estimate of drug-likeness (QED) is 0.904. The monoisotopic (exact) mass is 285 g/mol. The normalized spacial score (nSPS) is 18.3. The van der Waals surface area contributed by atoms with Gasteiger partial charge in [0.2, 0.25) is 0 Å². The van der Waals surface area contributed by atoms with E-state index in [9.17, 15) is 0 Å². The molecule has 0 bridgehead atoms. The number of benzene rings is 1. The van der Waals surface area contributed by atoms with Crippen molar-refractivity contribution >= 4 is 12.4 Å². The molecule has 0 radical (unpaired) electrons. The van der Waals surface area contributed by atoms with Gasteiger partial charge in [0, 0.05) is 6.04 Å². The number of ether oxygens (including phenoxy) is 2. The van der Waals surface area contributed by atoms with E-state index in [2.05, 4.69) is 38.2 Å². The van der Waals surface area contributed by atoms with Crippen molar-refractivity contribution in [3.63, 3.8) is 0 Å². The van der Waals surface area contributed by atoms with Crippen LogP contribution in [-0.4, -0.2) is 20.8 Å². The lowest BCUT2D eigenvalue weighted by Gasteiger charge is -2.37.